The maximum Gasteiger partial charge on any atom is 0.195 e. The lowest BCUT2D eigenvalue weighted by atomic mass is 10.2. The molecule has 7 nitrogen and oxygen atoms in total. The summed E-state index contributed by atoms with van der Waals surface area (Å²) in [6, 6.07) is 14.0. The minimum absolute atomic E-state index is 0. The number of nitrogens with one attached hydrogen (secondary N) is 2. The summed E-state index contributed by atoms with van der Waals surface area (Å²) in [4.78, 5) is 6.66. The van der Waals surface area contributed by atoms with Crippen molar-refractivity contribution in [3.05, 3.63) is 48.0 Å². The number of rotatable bonds is 9. The molecule has 0 unspecified atom stereocenters. The maximum atomic E-state index is 5.86. The fraction of sp³-hybridized carbons (Fsp3) is 0.458. The van der Waals surface area contributed by atoms with E-state index in [1.54, 1.807) is 7.05 Å². The smallest absolute Gasteiger partial charge is 0.195 e. The van der Waals surface area contributed by atoms with Crippen LogP contribution in [0.4, 0.5) is 5.69 Å². The zero-order chi connectivity index (χ0) is 21.9. The van der Waals surface area contributed by atoms with Gasteiger partial charge in [0.1, 0.15) is 12.4 Å². The molecule has 0 aromatic heterocycles. The van der Waals surface area contributed by atoms with Crippen LogP contribution in [0.3, 0.4) is 0 Å². The highest BCUT2D eigenvalue weighted by Crippen LogP contribution is 2.32. The molecular formula is C24H35IN4O3. The first-order chi connectivity index (χ1) is 15.2. The van der Waals surface area contributed by atoms with E-state index in [4.69, 9.17) is 14.2 Å². The van der Waals surface area contributed by atoms with E-state index in [2.05, 4.69) is 46.5 Å². The summed E-state index contributed by atoms with van der Waals surface area (Å²) >= 11 is 0. The van der Waals surface area contributed by atoms with Crippen LogP contribution in [0.15, 0.2) is 47.5 Å². The first kappa shape index (κ1) is 26.1. The van der Waals surface area contributed by atoms with Gasteiger partial charge in [-0.3, -0.25) is 4.99 Å². The minimum atomic E-state index is 0. The summed E-state index contributed by atoms with van der Waals surface area (Å²) in [7, 11) is 1.76. The van der Waals surface area contributed by atoms with Crippen LogP contribution in [-0.2, 0) is 6.54 Å². The van der Waals surface area contributed by atoms with Crippen LogP contribution < -0.4 is 24.8 Å². The van der Waals surface area contributed by atoms with Crippen molar-refractivity contribution >= 4 is 35.6 Å². The van der Waals surface area contributed by atoms with Crippen molar-refractivity contribution in [3.63, 3.8) is 0 Å². The van der Waals surface area contributed by atoms with Crippen molar-refractivity contribution in [2.75, 3.05) is 51.8 Å². The quantitative estimate of drug-likeness (QED) is 0.273. The third-order valence-electron chi connectivity index (χ3n) is 5.19. The molecule has 1 heterocycles. The number of halogens is 1. The van der Waals surface area contributed by atoms with E-state index in [1.165, 1.54) is 0 Å². The molecule has 0 fully saturated rings. The minimum Gasteiger partial charge on any atom is -0.492 e. The van der Waals surface area contributed by atoms with Crippen molar-refractivity contribution in [2.24, 2.45) is 4.99 Å². The number of anilines is 1. The molecule has 1 aliphatic rings. The van der Waals surface area contributed by atoms with E-state index >= 15 is 0 Å². The van der Waals surface area contributed by atoms with Gasteiger partial charge in [0.15, 0.2) is 17.5 Å². The maximum absolute atomic E-state index is 5.86. The van der Waals surface area contributed by atoms with Crippen LogP contribution in [-0.4, -0.2) is 57.4 Å². The highest BCUT2D eigenvalue weighted by Gasteiger charge is 2.11. The van der Waals surface area contributed by atoms with E-state index in [0.29, 0.717) is 32.3 Å². The summed E-state index contributed by atoms with van der Waals surface area (Å²) in [6.07, 6.45) is 0.889. The predicted molar refractivity (Wildman–Crippen MR) is 141 cm³/mol. The van der Waals surface area contributed by atoms with E-state index in [1.807, 2.05) is 30.3 Å². The molecule has 2 N–H and O–H groups in total. The number of guanidine groups is 1. The molecule has 32 heavy (non-hydrogen) atoms. The molecule has 0 radical (unpaired) electrons. The number of likely N-dealkylation sites (N-methyl/N-ethyl adjacent to an activating group) is 1. The van der Waals surface area contributed by atoms with Crippen LogP contribution in [0.5, 0.6) is 17.2 Å². The summed E-state index contributed by atoms with van der Waals surface area (Å²) < 4.78 is 17.3. The lowest BCUT2D eigenvalue weighted by Crippen LogP contribution is -2.30. The normalized spacial score (nSPS) is 13.2. The van der Waals surface area contributed by atoms with Crippen LogP contribution in [0.1, 0.15) is 25.8 Å². The third-order valence-corrected chi connectivity index (χ3v) is 5.19. The van der Waals surface area contributed by atoms with Crippen molar-refractivity contribution in [1.29, 1.82) is 0 Å². The molecule has 0 saturated carbocycles. The molecule has 3 rings (SSSR count). The van der Waals surface area contributed by atoms with Crippen LogP contribution in [0, 0.1) is 0 Å². The summed E-state index contributed by atoms with van der Waals surface area (Å²) in [6.45, 7) is 10.1. The SMILES string of the molecule is CCN(CC)CCOc1ccc(CNC(=NC)Nc2ccc3c(c2)OCCCO3)cc1.I. The topological polar surface area (TPSA) is 67.4 Å². The number of benzene rings is 2. The number of fused-ring (bicyclic) bond motifs is 1. The fourth-order valence-corrected chi connectivity index (χ4v) is 3.28. The van der Waals surface area contributed by atoms with Gasteiger partial charge in [-0.1, -0.05) is 26.0 Å². The number of aliphatic imine (C=N–C) groups is 1. The van der Waals surface area contributed by atoms with Gasteiger partial charge >= 0.3 is 0 Å². The second-order valence-corrected chi connectivity index (χ2v) is 7.28. The number of nitrogens with zero attached hydrogens (tertiary/aromatic N) is 2. The monoisotopic (exact) mass is 554 g/mol. The number of hydrogen-bond acceptors (Lipinski definition) is 5. The molecule has 2 aromatic rings. The van der Waals surface area contributed by atoms with Crippen molar-refractivity contribution in [1.82, 2.24) is 10.2 Å². The average molecular weight is 554 g/mol. The standard InChI is InChI=1S/C24H34N4O3.HI/c1-4-28(5-2)13-16-29-21-10-7-19(8-11-21)18-26-24(25-3)27-20-9-12-22-23(17-20)31-15-6-14-30-22;/h7-12,17H,4-6,13-16,18H2,1-3H3,(H2,25,26,27);1H. The van der Waals surface area contributed by atoms with Crippen LogP contribution in [0.25, 0.3) is 0 Å². The van der Waals surface area contributed by atoms with Gasteiger partial charge in [-0.2, -0.15) is 0 Å². The molecular weight excluding hydrogens is 519 g/mol. The molecule has 0 saturated heterocycles. The Hall–Kier alpha value is -2.20. The van der Waals surface area contributed by atoms with Gasteiger partial charge in [0.05, 0.1) is 13.2 Å². The van der Waals surface area contributed by atoms with Gasteiger partial charge in [-0.15, -0.1) is 24.0 Å². The average Bonchev–Trinajstić information content (AvgIpc) is 3.05. The Balaban J connectivity index is 0.00000363. The van der Waals surface area contributed by atoms with Crippen molar-refractivity contribution < 1.29 is 14.2 Å². The lowest BCUT2D eigenvalue weighted by Gasteiger charge is -2.18. The molecule has 2 aromatic carbocycles. The number of ether oxygens (including phenoxy) is 3. The van der Waals surface area contributed by atoms with E-state index < -0.39 is 0 Å². The Morgan fingerprint density at radius 3 is 2.44 bits per heavy atom. The van der Waals surface area contributed by atoms with E-state index in [0.717, 1.165) is 54.6 Å². The van der Waals surface area contributed by atoms with E-state index in [9.17, 15) is 0 Å². The second kappa shape index (κ2) is 14.1. The summed E-state index contributed by atoms with van der Waals surface area (Å²) in [5.74, 6) is 3.12. The van der Waals surface area contributed by atoms with Gasteiger partial charge in [0.2, 0.25) is 0 Å². The fourth-order valence-electron chi connectivity index (χ4n) is 3.28. The Bertz CT molecular complexity index is 842. The number of hydrogen-bond donors (Lipinski definition) is 2. The molecule has 176 valence electrons. The van der Waals surface area contributed by atoms with Crippen LogP contribution >= 0.6 is 24.0 Å². The van der Waals surface area contributed by atoms with Crippen LogP contribution in [0.2, 0.25) is 0 Å². The molecule has 0 bridgehead atoms. The molecule has 1 aliphatic heterocycles. The zero-order valence-electron chi connectivity index (χ0n) is 19.2. The van der Waals surface area contributed by atoms with Crippen molar-refractivity contribution in [3.8, 4) is 17.2 Å². The predicted octanol–water partition coefficient (Wildman–Crippen LogP) is 4.37. The van der Waals surface area contributed by atoms with E-state index in [-0.39, 0.29) is 24.0 Å². The van der Waals surface area contributed by atoms with Crippen molar-refractivity contribution in [2.45, 2.75) is 26.8 Å². The lowest BCUT2D eigenvalue weighted by molar-refractivity contribution is 0.223. The van der Waals surface area contributed by atoms with Gasteiger partial charge < -0.3 is 29.7 Å². The highest BCUT2D eigenvalue weighted by molar-refractivity contribution is 14.0. The first-order valence-corrected chi connectivity index (χ1v) is 11.0. The third kappa shape index (κ3) is 8.05. The first-order valence-electron chi connectivity index (χ1n) is 11.0. The second-order valence-electron chi connectivity index (χ2n) is 7.28. The molecule has 0 atom stereocenters. The Morgan fingerprint density at radius 2 is 1.75 bits per heavy atom. The molecule has 0 spiro atoms. The van der Waals surface area contributed by atoms with Gasteiger partial charge in [0, 0.05) is 38.3 Å². The summed E-state index contributed by atoms with van der Waals surface area (Å²) in [5, 5.41) is 6.64. The Labute approximate surface area is 208 Å². The Kier molecular flexibility index (Phi) is 11.4. The zero-order valence-corrected chi connectivity index (χ0v) is 21.6. The van der Waals surface area contributed by atoms with Gasteiger partial charge in [-0.05, 0) is 42.9 Å². The van der Waals surface area contributed by atoms with Gasteiger partial charge in [0.25, 0.3) is 0 Å². The van der Waals surface area contributed by atoms with Gasteiger partial charge in [-0.25, -0.2) is 0 Å². The molecule has 0 aliphatic carbocycles. The summed E-state index contributed by atoms with van der Waals surface area (Å²) in [5.41, 5.74) is 2.05. The Morgan fingerprint density at radius 1 is 1.03 bits per heavy atom. The molecule has 0 amide bonds. The largest absolute Gasteiger partial charge is 0.492 e. The highest BCUT2D eigenvalue weighted by atomic mass is 127. The molecule has 8 heteroatoms.